The lowest BCUT2D eigenvalue weighted by Crippen LogP contribution is -2.37. The van der Waals surface area contributed by atoms with Gasteiger partial charge in [0.2, 0.25) is 0 Å². The Hall–Kier alpha value is -0.296. The molecule has 0 aliphatic rings. The van der Waals surface area contributed by atoms with Gasteiger partial charge in [0.15, 0.2) is 8.32 Å². The summed E-state index contributed by atoms with van der Waals surface area (Å²) in [6, 6.07) is 5.29. The highest BCUT2D eigenvalue weighted by atomic mass is 28.4. The van der Waals surface area contributed by atoms with E-state index in [1.807, 2.05) is 0 Å². The molecule has 0 unspecified atom stereocenters. The molecular formula is C17H39N3OSi2. The fourth-order valence-electron chi connectivity index (χ4n) is 3.09. The topological polar surface area (TPSA) is 58.0 Å². The van der Waals surface area contributed by atoms with Crippen LogP contribution < -0.4 is 0 Å². The second-order valence-corrected chi connectivity index (χ2v) is 13.3. The maximum Gasteiger partial charge on any atom is 0.178 e. The fraction of sp³-hybridized carbons (Fsp3) is 1.00. The zero-order valence-electron chi connectivity index (χ0n) is 15.9. The summed E-state index contributed by atoms with van der Waals surface area (Å²) in [4.78, 5) is 2.77. The second-order valence-electron chi connectivity index (χ2n) is 6.58. The van der Waals surface area contributed by atoms with Crippen LogP contribution in [0.5, 0.6) is 0 Å². The molecule has 0 aromatic carbocycles. The molecule has 6 heteroatoms. The Morgan fingerprint density at radius 2 is 1.30 bits per heavy atom. The predicted molar refractivity (Wildman–Crippen MR) is 107 cm³/mol. The van der Waals surface area contributed by atoms with E-state index in [1.54, 1.807) is 0 Å². The molecule has 0 aliphatic carbocycles. The molecule has 0 aliphatic heterocycles. The molecule has 136 valence electrons. The lowest BCUT2D eigenvalue weighted by atomic mass is 10.1. The van der Waals surface area contributed by atoms with Crippen LogP contribution in [0.1, 0.15) is 78.6 Å². The first kappa shape index (κ1) is 22.7. The van der Waals surface area contributed by atoms with E-state index in [9.17, 15) is 0 Å². The summed E-state index contributed by atoms with van der Waals surface area (Å²) >= 11 is 0. The Morgan fingerprint density at radius 1 is 0.826 bits per heavy atom. The van der Waals surface area contributed by atoms with E-state index in [1.165, 1.54) is 75.5 Å². The van der Waals surface area contributed by atoms with Crippen LogP contribution in [-0.4, -0.2) is 24.6 Å². The van der Waals surface area contributed by atoms with Gasteiger partial charge in [0.05, 0.1) is 0 Å². The van der Waals surface area contributed by atoms with Gasteiger partial charge in [-0.1, -0.05) is 77.3 Å². The SMILES string of the molecule is CC[Si](CC)(CC)O[SiH2]CCCCCCCCCCCN=[N+]=[N-]. The van der Waals surface area contributed by atoms with E-state index >= 15 is 0 Å². The van der Waals surface area contributed by atoms with Gasteiger partial charge in [0.1, 0.15) is 9.76 Å². The zero-order chi connectivity index (χ0) is 17.2. The van der Waals surface area contributed by atoms with E-state index in [-0.39, 0.29) is 9.76 Å². The maximum atomic E-state index is 8.18. The smallest absolute Gasteiger partial charge is 0.178 e. The van der Waals surface area contributed by atoms with Crippen LogP contribution in [0.25, 0.3) is 10.4 Å². The number of azide groups is 1. The molecule has 0 aromatic heterocycles. The summed E-state index contributed by atoms with van der Waals surface area (Å²) in [6.45, 7) is 7.64. The molecule has 0 bridgehead atoms. The van der Waals surface area contributed by atoms with Crippen LogP contribution in [-0.2, 0) is 4.12 Å². The summed E-state index contributed by atoms with van der Waals surface area (Å²) in [6.07, 6.45) is 11.8. The van der Waals surface area contributed by atoms with Gasteiger partial charge in [-0.2, -0.15) is 0 Å². The van der Waals surface area contributed by atoms with Gasteiger partial charge >= 0.3 is 0 Å². The summed E-state index contributed by atoms with van der Waals surface area (Å²) in [5, 5.41) is 3.56. The molecule has 0 atom stereocenters. The molecule has 0 saturated carbocycles. The van der Waals surface area contributed by atoms with Crippen LogP contribution in [0.4, 0.5) is 0 Å². The molecule has 23 heavy (non-hydrogen) atoms. The number of nitrogens with zero attached hydrogens (tertiary/aromatic N) is 3. The molecule has 4 nitrogen and oxygen atoms in total. The van der Waals surface area contributed by atoms with Crippen molar-refractivity contribution in [3.8, 4) is 0 Å². The number of rotatable bonds is 17. The van der Waals surface area contributed by atoms with Gasteiger partial charge in [-0.3, -0.25) is 0 Å². The summed E-state index contributed by atoms with van der Waals surface area (Å²) in [5.41, 5.74) is 8.18. The van der Waals surface area contributed by atoms with Crippen molar-refractivity contribution < 1.29 is 4.12 Å². The minimum absolute atomic E-state index is 0.256. The Morgan fingerprint density at radius 3 is 1.78 bits per heavy atom. The normalized spacial score (nSPS) is 12.0. The van der Waals surface area contributed by atoms with E-state index in [2.05, 4.69) is 30.8 Å². The predicted octanol–water partition coefficient (Wildman–Crippen LogP) is 6.33. The first-order valence-corrected chi connectivity index (χ1v) is 14.0. The van der Waals surface area contributed by atoms with Crippen molar-refractivity contribution in [3.05, 3.63) is 10.4 Å². The third-order valence-corrected chi connectivity index (χ3v) is 13.0. The highest BCUT2D eigenvalue weighted by Crippen LogP contribution is 2.21. The van der Waals surface area contributed by atoms with Crippen molar-refractivity contribution in [2.24, 2.45) is 5.11 Å². The molecule has 0 N–H and O–H groups in total. The minimum atomic E-state index is -1.28. The quantitative estimate of drug-likeness (QED) is 0.0986. The second kappa shape index (κ2) is 16.6. The van der Waals surface area contributed by atoms with Crippen molar-refractivity contribution in [3.63, 3.8) is 0 Å². The molecule has 0 heterocycles. The third kappa shape index (κ3) is 12.8. The molecule has 0 rings (SSSR count). The first-order valence-electron chi connectivity index (χ1n) is 9.89. The Labute approximate surface area is 147 Å². The van der Waals surface area contributed by atoms with Gasteiger partial charge in [-0.25, -0.2) is 0 Å². The van der Waals surface area contributed by atoms with Gasteiger partial charge < -0.3 is 4.12 Å². The summed E-state index contributed by atoms with van der Waals surface area (Å²) in [5.74, 6) is 0. The minimum Gasteiger partial charge on any atom is -0.460 e. The zero-order valence-corrected chi connectivity index (χ0v) is 18.3. The van der Waals surface area contributed by atoms with Gasteiger partial charge in [0.25, 0.3) is 0 Å². The Bertz CT molecular complexity index is 298. The maximum absolute atomic E-state index is 8.18. The lowest BCUT2D eigenvalue weighted by molar-refractivity contribution is 0.548. The van der Waals surface area contributed by atoms with Gasteiger partial charge in [-0.05, 0) is 36.1 Å². The average molecular weight is 358 g/mol. The molecule has 0 spiro atoms. The Balaban J connectivity index is 3.29. The molecular weight excluding hydrogens is 318 g/mol. The van der Waals surface area contributed by atoms with Crippen molar-refractivity contribution in [1.29, 1.82) is 0 Å². The van der Waals surface area contributed by atoms with Crippen molar-refractivity contribution in [1.82, 2.24) is 0 Å². The molecule has 0 saturated heterocycles. The van der Waals surface area contributed by atoms with Crippen molar-refractivity contribution in [2.75, 3.05) is 6.54 Å². The Kier molecular flexibility index (Phi) is 16.3. The monoisotopic (exact) mass is 357 g/mol. The highest BCUT2D eigenvalue weighted by Gasteiger charge is 2.27. The fourth-order valence-corrected chi connectivity index (χ4v) is 9.90. The molecule has 0 amide bonds. The van der Waals surface area contributed by atoms with E-state index < -0.39 is 8.32 Å². The standard InChI is InChI=1S/C17H39N3OSi2/c1-4-23(5-2,6-3)21-22-17-15-13-11-9-7-8-10-12-14-16-19-20-18/h4-17,22H2,1-3H3. The molecule has 0 radical (unpaired) electrons. The van der Waals surface area contributed by atoms with Crippen molar-refractivity contribution >= 4 is 18.1 Å². The van der Waals surface area contributed by atoms with Crippen LogP contribution in [0.3, 0.4) is 0 Å². The van der Waals surface area contributed by atoms with Gasteiger partial charge in [0, 0.05) is 11.5 Å². The largest absolute Gasteiger partial charge is 0.460 e. The number of hydrogen-bond donors (Lipinski definition) is 0. The van der Waals surface area contributed by atoms with Crippen LogP contribution >= 0.6 is 0 Å². The van der Waals surface area contributed by atoms with E-state index in [0.717, 1.165) is 6.42 Å². The summed E-state index contributed by atoms with van der Waals surface area (Å²) in [7, 11) is -1.54. The van der Waals surface area contributed by atoms with Crippen LogP contribution in [0.2, 0.25) is 24.2 Å². The molecule has 0 fully saturated rings. The average Bonchev–Trinajstić information content (AvgIpc) is 2.59. The van der Waals surface area contributed by atoms with E-state index in [0.29, 0.717) is 6.54 Å². The van der Waals surface area contributed by atoms with E-state index in [4.69, 9.17) is 9.65 Å². The first-order chi connectivity index (χ1) is 11.2. The van der Waals surface area contributed by atoms with Crippen molar-refractivity contribution in [2.45, 2.75) is 103 Å². The number of unbranched alkanes of at least 4 members (excludes halogenated alkanes) is 8. The van der Waals surface area contributed by atoms with Gasteiger partial charge in [-0.15, -0.1) is 0 Å². The number of hydrogen-bond acceptors (Lipinski definition) is 2. The molecule has 0 aromatic rings. The lowest BCUT2D eigenvalue weighted by Gasteiger charge is -2.28. The van der Waals surface area contributed by atoms with Crippen LogP contribution in [0, 0.1) is 0 Å². The summed E-state index contributed by atoms with van der Waals surface area (Å²) < 4.78 is 6.42. The van der Waals surface area contributed by atoms with Crippen LogP contribution in [0.15, 0.2) is 5.11 Å². The highest BCUT2D eigenvalue weighted by molar-refractivity contribution is 6.77. The third-order valence-electron chi connectivity index (χ3n) is 5.06.